The SMILES string of the molecule is CC(=O)Nc1ccc2c(c1)S(=O)(=O)N=CN2. The summed E-state index contributed by atoms with van der Waals surface area (Å²) in [6.45, 7) is 1.35. The predicted octanol–water partition coefficient (Wildman–Crippen LogP) is 0.787. The molecule has 1 heterocycles. The highest BCUT2D eigenvalue weighted by Gasteiger charge is 2.20. The predicted molar refractivity (Wildman–Crippen MR) is 60.0 cm³/mol. The Hall–Kier alpha value is -1.89. The van der Waals surface area contributed by atoms with E-state index in [4.69, 9.17) is 0 Å². The number of nitrogens with zero attached hydrogens (tertiary/aromatic N) is 1. The number of anilines is 2. The van der Waals surface area contributed by atoms with Gasteiger partial charge in [0, 0.05) is 12.6 Å². The maximum absolute atomic E-state index is 11.6. The van der Waals surface area contributed by atoms with Crippen molar-refractivity contribution in [1.82, 2.24) is 0 Å². The lowest BCUT2D eigenvalue weighted by Gasteiger charge is -2.13. The van der Waals surface area contributed by atoms with Gasteiger partial charge in [0.25, 0.3) is 10.0 Å². The first-order valence-electron chi connectivity index (χ1n) is 4.46. The quantitative estimate of drug-likeness (QED) is 0.758. The van der Waals surface area contributed by atoms with Gasteiger partial charge in [-0.3, -0.25) is 4.79 Å². The molecule has 0 fully saturated rings. The third-order valence-electron chi connectivity index (χ3n) is 1.99. The van der Waals surface area contributed by atoms with E-state index in [-0.39, 0.29) is 10.8 Å². The van der Waals surface area contributed by atoms with Gasteiger partial charge in [-0.25, -0.2) is 0 Å². The number of amides is 1. The molecule has 0 radical (unpaired) electrons. The van der Waals surface area contributed by atoms with Crippen LogP contribution in [0.2, 0.25) is 0 Å². The second kappa shape index (κ2) is 3.60. The van der Waals surface area contributed by atoms with Crippen LogP contribution >= 0.6 is 0 Å². The first-order chi connectivity index (χ1) is 7.49. The molecule has 0 aromatic heterocycles. The highest BCUT2D eigenvalue weighted by molar-refractivity contribution is 7.90. The minimum Gasteiger partial charge on any atom is -0.345 e. The molecule has 0 aliphatic carbocycles. The third-order valence-corrected chi connectivity index (χ3v) is 3.27. The van der Waals surface area contributed by atoms with E-state index in [1.165, 1.54) is 13.0 Å². The highest BCUT2D eigenvalue weighted by Crippen LogP contribution is 2.28. The Kier molecular flexibility index (Phi) is 2.39. The number of sulfonamides is 1. The molecule has 6 nitrogen and oxygen atoms in total. The third kappa shape index (κ3) is 1.89. The minimum absolute atomic E-state index is 0.0567. The Balaban J connectivity index is 2.50. The molecule has 0 saturated carbocycles. The van der Waals surface area contributed by atoms with Crippen LogP contribution in [0.4, 0.5) is 11.4 Å². The second-order valence-corrected chi connectivity index (χ2v) is 4.85. The van der Waals surface area contributed by atoms with Gasteiger partial charge in [-0.05, 0) is 18.2 Å². The smallest absolute Gasteiger partial charge is 0.285 e. The van der Waals surface area contributed by atoms with Gasteiger partial charge in [-0.15, -0.1) is 4.40 Å². The van der Waals surface area contributed by atoms with Crippen molar-refractivity contribution in [3.63, 3.8) is 0 Å². The van der Waals surface area contributed by atoms with Crippen LogP contribution in [0, 0.1) is 0 Å². The van der Waals surface area contributed by atoms with Crippen molar-refractivity contribution in [3.05, 3.63) is 18.2 Å². The maximum Gasteiger partial charge on any atom is 0.285 e. The minimum atomic E-state index is -3.64. The zero-order valence-corrected chi connectivity index (χ0v) is 9.21. The number of carbonyl (C=O) groups excluding carboxylic acids is 1. The standard InChI is InChI=1S/C9H9N3O3S/c1-6(13)12-7-2-3-8-9(4-7)16(14,15)11-5-10-8/h2-5H,1H3,(H,10,11)(H,12,13). The van der Waals surface area contributed by atoms with Crippen LogP contribution in [0.1, 0.15) is 6.92 Å². The van der Waals surface area contributed by atoms with E-state index >= 15 is 0 Å². The van der Waals surface area contributed by atoms with E-state index in [1.807, 2.05) is 0 Å². The lowest BCUT2D eigenvalue weighted by molar-refractivity contribution is -0.114. The summed E-state index contributed by atoms with van der Waals surface area (Å²) >= 11 is 0. The summed E-state index contributed by atoms with van der Waals surface area (Å²) in [5.74, 6) is -0.260. The van der Waals surface area contributed by atoms with Crippen molar-refractivity contribution in [2.45, 2.75) is 11.8 Å². The molecule has 2 N–H and O–H groups in total. The van der Waals surface area contributed by atoms with Crippen molar-refractivity contribution in [1.29, 1.82) is 0 Å². The number of hydrogen-bond acceptors (Lipinski definition) is 4. The molecule has 0 bridgehead atoms. The number of nitrogens with one attached hydrogen (secondary N) is 2. The van der Waals surface area contributed by atoms with Crippen LogP contribution in [-0.4, -0.2) is 20.7 Å². The van der Waals surface area contributed by atoms with E-state index in [1.54, 1.807) is 12.1 Å². The average Bonchev–Trinajstić information content (AvgIpc) is 2.18. The summed E-state index contributed by atoms with van der Waals surface area (Å²) in [7, 11) is -3.64. The second-order valence-electron chi connectivity index (χ2n) is 3.25. The molecule has 1 aromatic rings. The lowest BCUT2D eigenvalue weighted by atomic mass is 10.2. The first kappa shape index (κ1) is 10.6. The van der Waals surface area contributed by atoms with Gasteiger partial charge in [0.15, 0.2) is 0 Å². The summed E-state index contributed by atoms with van der Waals surface area (Å²) in [4.78, 5) is 10.9. The molecule has 2 rings (SSSR count). The highest BCUT2D eigenvalue weighted by atomic mass is 32.2. The van der Waals surface area contributed by atoms with Crippen molar-refractivity contribution in [2.75, 3.05) is 10.6 Å². The molecule has 7 heteroatoms. The molecule has 1 amide bonds. The van der Waals surface area contributed by atoms with Gasteiger partial charge >= 0.3 is 0 Å². The average molecular weight is 239 g/mol. The van der Waals surface area contributed by atoms with Crippen LogP contribution in [0.3, 0.4) is 0 Å². The molecule has 84 valence electrons. The fourth-order valence-corrected chi connectivity index (χ4v) is 2.34. The van der Waals surface area contributed by atoms with Crippen molar-refractivity contribution < 1.29 is 13.2 Å². The number of hydrogen-bond donors (Lipinski definition) is 2. The van der Waals surface area contributed by atoms with Crippen molar-refractivity contribution in [2.24, 2.45) is 4.40 Å². The summed E-state index contributed by atoms with van der Waals surface area (Å²) < 4.78 is 26.5. The lowest BCUT2D eigenvalue weighted by Crippen LogP contribution is -2.13. The van der Waals surface area contributed by atoms with Crippen LogP contribution in [0.25, 0.3) is 0 Å². The molecular weight excluding hydrogens is 230 g/mol. The topological polar surface area (TPSA) is 87.6 Å². The molecule has 1 aliphatic heterocycles. The molecular formula is C9H9N3O3S. The molecule has 16 heavy (non-hydrogen) atoms. The van der Waals surface area contributed by atoms with E-state index in [0.29, 0.717) is 11.4 Å². The van der Waals surface area contributed by atoms with Crippen LogP contribution < -0.4 is 10.6 Å². The molecule has 0 unspecified atom stereocenters. The fraction of sp³-hybridized carbons (Fsp3) is 0.111. The zero-order chi connectivity index (χ0) is 11.8. The number of fused-ring (bicyclic) bond motifs is 1. The van der Waals surface area contributed by atoms with Crippen LogP contribution in [-0.2, 0) is 14.8 Å². The van der Waals surface area contributed by atoms with Crippen molar-refractivity contribution in [3.8, 4) is 0 Å². The molecule has 1 aromatic carbocycles. The molecule has 1 aliphatic rings. The van der Waals surface area contributed by atoms with Gasteiger partial charge in [-0.1, -0.05) is 0 Å². The Morgan fingerprint density at radius 2 is 2.19 bits per heavy atom. The monoisotopic (exact) mass is 239 g/mol. The first-order valence-corrected chi connectivity index (χ1v) is 5.90. The number of rotatable bonds is 1. The van der Waals surface area contributed by atoms with Gasteiger partial charge in [0.1, 0.15) is 11.2 Å². The van der Waals surface area contributed by atoms with Crippen molar-refractivity contribution >= 4 is 33.6 Å². The normalized spacial score (nSPS) is 16.1. The van der Waals surface area contributed by atoms with Gasteiger partial charge in [0.2, 0.25) is 5.91 Å². The molecule has 0 spiro atoms. The largest absolute Gasteiger partial charge is 0.345 e. The van der Waals surface area contributed by atoms with E-state index in [9.17, 15) is 13.2 Å². The Labute approximate surface area is 92.4 Å². The number of carbonyl (C=O) groups is 1. The van der Waals surface area contributed by atoms with E-state index in [2.05, 4.69) is 15.0 Å². The van der Waals surface area contributed by atoms with E-state index in [0.717, 1.165) is 6.34 Å². The fourth-order valence-electron chi connectivity index (χ4n) is 1.36. The van der Waals surface area contributed by atoms with Crippen LogP contribution in [0.15, 0.2) is 27.5 Å². The Morgan fingerprint density at radius 1 is 1.44 bits per heavy atom. The summed E-state index contributed by atoms with van der Waals surface area (Å²) in [5, 5.41) is 5.22. The Morgan fingerprint density at radius 3 is 2.88 bits per heavy atom. The molecule has 0 atom stereocenters. The Bertz CT molecular complexity index is 578. The van der Waals surface area contributed by atoms with Crippen LogP contribution in [0.5, 0.6) is 0 Å². The van der Waals surface area contributed by atoms with E-state index < -0.39 is 10.0 Å². The molecule has 0 saturated heterocycles. The summed E-state index contributed by atoms with van der Waals surface area (Å²) in [6.07, 6.45) is 1.12. The van der Waals surface area contributed by atoms with Gasteiger partial charge in [0.05, 0.1) is 5.69 Å². The van der Waals surface area contributed by atoms with Gasteiger partial charge < -0.3 is 10.6 Å². The number of benzene rings is 1. The summed E-state index contributed by atoms with van der Waals surface area (Å²) in [5.41, 5.74) is 0.873. The zero-order valence-electron chi connectivity index (χ0n) is 8.39. The maximum atomic E-state index is 11.6. The van der Waals surface area contributed by atoms with Gasteiger partial charge in [-0.2, -0.15) is 8.42 Å². The summed E-state index contributed by atoms with van der Waals surface area (Å²) in [6, 6.07) is 4.56.